The van der Waals surface area contributed by atoms with Crippen molar-refractivity contribution in [2.24, 2.45) is 0 Å². The molecule has 39 heteroatoms. The molecule has 0 saturated heterocycles. The van der Waals surface area contributed by atoms with Gasteiger partial charge in [-0.2, -0.15) is 0 Å². The molecule has 0 radical (unpaired) electrons. The van der Waals surface area contributed by atoms with Crippen LogP contribution in [0.2, 0.25) is 0 Å². The van der Waals surface area contributed by atoms with Crippen LogP contribution in [0.25, 0.3) is 0 Å². The van der Waals surface area contributed by atoms with Crippen molar-refractivity contribution in [2.75, 3.05) is 121 Å². The minimum Gasteiger partial charge on any atom is -0.324 e. The van der Waals surface area contributed by atoms with Crippen molar-refractivity contribution in [3.05, 3.63) is 0 Å². The van der Waals surface area contributed by atoms with Crippen LogP contribution in [0.4, 0.5) is 0 Å². The van der Waals surface area contributed by atoms with Crippen molar-refractivity contribution >= 4 is 54.5 Å². The Labute approximate surface area is 408 Å². The van der Waals surface area contributed by atoms with Crippen molar-refractivity contribution in [2.45, 2.75) is 81.6 Å². The predicted molar refractivity (Wildman–Crippen MR) is 250 cm³/mol. The molecule has 0 aromatic carbocycles. The second kappa shape index (κ2) is 36.6. The third-order valence-electron chi connectivity index (χ3n) is 9.15. The molecule has 422 valence electrons. The van der Waals surface area contributed by atoms with Gasteiger partial charge in [0.05, 0.1) is 85.3 Å². The molecular weight excluding hydrogens is 1090 g/mol. The Hall–Kier alpha value is 0.610. The van der Waals surface area contributed by atoms with Crippen LogP contribution in [0.1, 0.15) is 51.4 Å². The minimum absolute atomic E-state index is 0.192. The maximum atomic E-state index is 12.5. The number of hydrogen-bond donors (Lipinski definition) is 13. The maximum Gasteiger partial charge on any atom is 0.472 e. The highest BCUT2D eigenvalue weighted by Gasteiger charge is 2.29. The van der Waals surface area contributed by atoms with Crippen LogP contribution in [-0.2, 0) is 86.2 Å². The van der Waals surface area contributed by atoms with E-state index in [-0.39, 0.29) is 104 Å². The van der Waals surface area contributed by atoms with Gasteiger partial charge in [0.15, 0.2) is 0 Å². The van der Waals surface area contributed by atoms with E-state index in [1.165, 1.54) is 7.05 Å². The Morgan fingerprint density at radius 2 is 0.529 bits per heavy atom. The Kier molecular flexibility index (Phi) is 36.9. The number of rotatable bonds is 48. The molecule has 0 saturated carbocycles. The average molecular weight is 1170 g/mol. The molecule has 0 spiro atoms. The zero-order valence-corrected chi connectivity index (χ0v) is 46.3. The summed E-state index contributed by atoms with van der Waals surface area (Å²) < 4.78 is 142. The second-order valence-electron chi connectivity index (χ2n) is 14.9. The quantitative estimate of drug-likeness (QED) is 0.0304. The molecule has 0 aromatic heterocycles. The molecule has 13 N–H and O–H groups in total. The van der Waals surface area contributed by atoms with Crippen LogP contribution < -0.4 is 26.6 Å². The van der Waals surface area contributed by atoms with Crippen molar-refractivity contribution in [1.82, 2.24) is 26.6 Å². The molecule has 0 aromatic rings. The van der Waals surface area contributed by atoms with E-state index < -0.39 is 111 Å². The summed E-state index contributed by atoms with van der Waals surface area (Å²) in [7, 11) is -23.4. The van der Waals surface area contributed by atoms with Gasteiger partial charge in [0.2, 0.25) is 0 Å². The maximum absolute atomic E-state index is 12.5. The van der Waals surface area contributed by atoms with E-state index in [2.05, 4.69) is 40.2 Å². The zero-order chi connectivity index (χ0) is 53.5. The summed E-state index contributed by atoms with van der Waals surface area (Å²) in [5, 5.41) is 14.1. The summed E-state index contributed by atoms with van der Waals surface area (Å²) in [5.74, 6) is 0. The zero-order valence-electron chi connectivity index (χ0n) is 40.0. The van der Waals surface area contributed by atoms with Crippen LogP contribution >= 0.6 is 54.5 Å². The van der Waals surface area contributed by atoms with Crippen LogP contribution in [0.3, 0.4) is 0 Å². The topological polar surface area (TPSA) is 452 Å². The fourth-order valence-electron chi connectivity index (χ4n) is 5.15. The summed E-state index contributed by atoms with van der Waals surface area (Å²) in [6.07, 6.45) is 1.94. The van der Waals surface area contributed by atoms with Gasteiger partial charge in [-0.15, -0.1) is 0 Å². The lowest BCUT2D eigenvalue weighted by Gasteiger charge is -2.21. The van der Waals surface area contributed by atoms with Gasteiger partial charge in [0.1, 0.15) is 0 Å². The number of hydrogen-bond acceptors (Lipinski definition) is 24. The minimum atomic E-state index is -4.76. The lowest BCUT2D eigenvalue weighted by molar-refractivity contribution is 0.112. The second-order valence-corrected chi connectivity index (χ2v) is 25.3. The van der Waals surface area contributed by atoms with E-state index in [0.717, 1.165) is 6.66 Å². The molecule has 11 atom stereocenters. The van der Waals surface area contributed by atoms with Crippen molar-refractivity contribution in [1.29, 1.82) is 0 Å². The molecule has 70 heavy (non-hydrogen) atoms. The van der Waals surface area contributed by atoms with E-state index >= 15 is 0 Å². The monoisotopic (exact) mass is 1170 g/mol. The lowest BCUT2D eigenvalue weighted by atomic mass is 10.2. The Morgan fingerprint density at radius 1 is 0.314 bits per heavy atom. The van der Waals surface area contributed by atoms with E-state index in [9.17, 15) is 56.4 Å². The molecule has 0 heterocycles. The van der Waals surface area contributed by atoms with Gasteiger partial charge in [-0.1, -0.05) is 0 Å². The van der Waals surface area contributed by atoms with Gasteiger partial charge in [0.25, 0.3) is 0 Å². The largest absolute Gasteiger partial charge is 0.472 e. The first-order valence-corrected chi connectivity index (χ1v) is 32.5. The molecule has 11 unspecified atom stereocenters. The Balaban J connectivity index is 4.45. The van der Waals surface area contributed by atoms with E-state index in [4.69, 9.17) is 55.4 Å². The van der Waals surface area contributed by atoms with Gasteiger partial charge in [-0.05, 0) is 86.6 Å². The number of likely N-dealkylation sites (N-methyl/N-ethyl adjacent to an activating group) is 5. The first kappa shape index (κ1) is 70.6. The summed E-state index contributed by atoms with van der Waals surface area (Å²) in [5.41, 5.74) is 0. The van der Waals surface area contributed by atoms with Crippen LogP contribution in [-0.4, -0.2) is 191 Å². The molecule has 0 aliphatic heterocycles. The highest BCUT2D eigenvalue weighted by Crippen LogP contribution is 2.47. The van der Waals surface area contributed by atoms with Crippen molar-refractivity contribution in [3.63, 3.8) is 0 Å². The van der Waals surface area contributed by atoms with Crippen LogP contribution in [0.5, 0.6) is 0 Å². The van der Waals surface area contributed by atoms with E-state index in [1.807, 2.05) is 0 Å². The molecule has 0 aliphatic carbocycles. The van der Waals surface area contributed by atoms with Crippen molar-refractivity contribution in [3.8, 4) is 0 Å². The smallest absolute Gasteiger partial charge is 0.324 e. The first-order chi connectivity index (χ1) is 32.4. The van der Waals surface area contributed by atoms with Gasteiger partial charge in [0, 0.05) is 30.8 Å². The Bertz CT molecular complexity index is 1750. The predicted octanol–water partition coefficient (Wildman–Crippen LogP) is 1.66. The molecule has 0 rings (SSSR count). The van der Waals surface area contributed by atoms with Crippen LogP contribution in [0.15, 0.2) is 0 Å². The van der Waals surface area contributed by atoms with Gasteiger partial charge in [-0.3, -0.25) is 54.3 Å². The molecule has 32 nitrogen and oxygen atoms in total. The first-order valence-electron chi connectivity index (χ1n) is 21.5. The summed E-state index contributed by atoms with van der Waals surface area (Å²) in [6.45, 7) is -2.92. The standard InChI is InChI=1S/C31H76N5O27P7/c1-32-27(11-8-16-54-67(44,45)61-23-29(34-3)13-10-18-56-69(48,49)63-26-31(36-5)25-58-65(39,40)41)21-59-66(42,43)53-15-7-12-28(33-2)22-60-68(46,47)55-17-9-14-30(35-4)24-62-70(50,51)57-20-19-52-64(6,37)38/h27-36H,7-26H2,1-6H3,(H,37,38)(H,42,43)(H,44,45)(H,46,47)(H,48,49)(H,50,51)(H2,39,40,41). The molecule has 0 fully saturated rings. The molecule has 0 amide bonds. The fourth-order valence-corrected chi connectivity index (χ4v) is 9.90. The summed E-state index contributed by atoms with van der Waals surface area (Å²) >= 11 is 0. The Morgan fingerprint density at radius 3 is 0.757 bits per heavy atom. The van der Waals surface area contributed by atoms with Crippen LogP contribution in [0, 0.1) is 0 Å². The summed E-state index contributed by atoms with van der Waals surface area (Å²) in [6, 6.07) is -2.79. The van der Waals surface area contributed by atoms with E-state index in [1.54, 1.807) is 28.2 Å². The highest BCUT2D eigenvalue weighted by atomic mass is 31.2. The highest BCUT2D eigenvalue weighted by molar-refractivity contribution is 7.52. The van der Waals surface area contributed by atoms with Gasteiger partial charge in [-0.25, -0.2) is 27.4 Å². The third kappa shape index (κ3) is 40.9. The normalized spacial score (nSPS) is 19.9. The number of phosphoric acid groups is 6. The average Bonchev–Trinajstić information content (AvgIpc) is 3.26. The lowest BCUT2D eigenvalue weighted by Crippen LogP contribution is -2.34. The van der Waals surface area contributed by atoms with Gasteiger partial charge >= 0.3 is 54.5 Å². The number of nitrogens with one attached hydrogen (secondary N) is 5. The third-order valence-corrected chi connectivity index (χ3v) is 15.2. The van der Waals surface area contributed by atoms with Crippen molar-refractivity contribution < 1.29 is 125 Å². The molecule has 0 aliphatic rings. The SMILES string of the molecule is CNC(CCCOP(=O)(O)OCC(CCCOP(=O)(O)OCC(COP(=O)(O)O)NC)NC)COP(=O)(O)OCCCC(COP(=O)(O)OCCCC(COP(=O)(O)OCCOP(C)(=O)O)NC)NC. The number of phosphoric ester groups is 6. The molecule has 0 bridgehead atoms. The van der Waals surface area contributed by atoms with Gasteiger partial charge < -0.3 is 70.3 Å². The van der Waals surface area contributed by atoms with E-state index in [0.29, 0.717) is 0 Å². The summed E-state index contributed by atoms with van der Waals surface area (Å²) in [4.78, 5) is 76.8. The molecular formula is C31H76N5O27P7. The fraction of sp³-hybridized carbons (Fsp3) is 1.00.